The van der Waals surface area contributed by atoms with Gasteiger partial charge in [-0.2, -0.15) is 0 Å². The number of sulfonamides is 1. The normalized spacial score (nSPS) is 17.7. The first-order chi connectivity index (χ1) is 12.0. The molecular formula is C16H19ClN4O3S. The first-order valence-electron chi connectivity index (χ1n) is 7.88. The Morgan fingerprint density at radius 2 is 2.12 bits per heavy atom. The van der Waals surface area contributed by atoms with E-state index in [2.05, 4.69) is 14.7 Å². The second-order valence-corrected chi connectivity index (χ2v) is 7.86. The number of benzene rings is 1. The number of hydrogen-bond donors (Lipinski definition) is 1. The summed E-state index contributed by atoms with van der Waals surface area (Å²) in [5.74, 6) is 1.06. The minimum atomic E-state index is -3.66. The predicted molar refractivity (Wildman–Crippen MR) is 95.6 cm³/mol. The van der Waals surface area contributed by atoms with Gasteiger partial charge in [-0.15, -0.1) is 0 Å². The van der Waals surface area contributed by atoms with Crippen molar-refractivity contribution >= 4 is 27.6 Å². The van der Waals surface area contributed by atoms with Gasteiger partial charge in [0.15, 0.2) is 0 Å². The molecule has 3 rings (SSSR count). The Morgan fingerprint density at radius 1 is 1.36 bits per heavy atom. The number of nitrogens with zero attached hydrogens (tertiary/aromatic N) is 3. The van der Waals surface area contributed by atoms with Gasteiger partial charge in [-0.1, -0.05) is 11.6 Å². The Labute approximate surface area is 152 Å². The Bertz CT molecular complexity index is 833. The lowest BCUT2D eigenvalue weighted by Gasteiger charge is -2.24. The lowest BCUT2D eigenvalue weighted by molar-refractivity contribution is 0.414. The summed E-state index contributed by atoms with van der Waals surface area (Å²) in [4.78, 5) is 10.6. The molecule has 0 bridgehead atoms. The highest BCUT2D eigenvalue weighted by Crippen LogP contribution is 2.27. The van der Waals surface area contributed by atoms with E-state index in [0.717, 1.165) is 19.4 Å². The van der Waals surface area contributed by atoms with Crippen LogP contribution in [0.3, 0.4) is 0 Å². The molecule has 2 aromatic rings. The van der Waals surface area contributed by atoms with Gasteiger partial charge in [0.25, 0.3) is 0 Å². The first-order valence-corrected chi connectivity index (χ1v) is 9.74. The number of ether oxygens (including phenoxy) is 1. The average Bonchev–Trinajstić information content (AvgIpc) is 3.09. The van der Waals surface area contributed by atoms with Gasteiger partial charge in [-0.3, -0.25) is 0 Å². The SMILES string of the molecule is COc1ccc(S(=O)(=O)NCC2CCCN2c2ncccn2)cc1Cl. The van der Waals surface area contributed by atoms with Crippen molar-refractivity contribution < 1.29 is 13.2 Å². The summed E-state index contributed by atoms with van der Waals surface area (Å²) in [6, 6.07) is 6.17. The maximum absolute atomic E-state index is 12.5. The molecule has 7 nitrogen and oxygen atoms in total. The van der Waals surface area contributed by atoms with Gasteiger partial charge < -0.3 is 9.64 Å². The van der Waals surface area contributed by atoms with Crippen molar-refractivity contribution in [3.8, 4) is 5.75 Å². The van der Waals surface area contributed by atoms with E-state index in [9.17, 15) is 8.42 Å². The summed E-state index contributed by atoms with van der Waals surface area (Å²) in [7, 11) is -2.18. The van der Waals surface area contributed by atoms with Gasteiger partial charge in [0.05, 0.1) is 17.0 Å². The molecule has 0 amide bonds. The van der Waals surface area contributed by atoms with Crippen LogP contribution >= 0.6 is 11.6 Å². The van der Waals surface area contributed by atoms with Crippen LogP contribution in [-0.4, -0.2) is 44.6 Å². The van der Waals surface area contributed by atoms with E-state index in [-0.39, 0.29) is 22.5 Å². The molecule has 0 radical (unpaired) electrons. The fourth-order valence-electron chi connectivity index (χ4n) is 2.85. The third kappa shape index (κ3) is 4.02. The van der Waals surface area contributed by atoms with Crippen LogP contribution in [0.2, 0.25) is 5.02 Å². The zero-order valence-electron chi connectivity index (χ0n) is 13.7. The molecular weight excluding hydrogens is 364 g/mol. The molecule has 0 aliphatic carbocycles. The summed E-state index contributed by atoms with van der Waals surface area (Å²) < 4.78 is 32.8. The van der Waals surface area contributed by atoms with Crippen LogP contribution in [0.25, 0.3) is 0 Å². The van der Waals surface area contributed by atoms with Crippen molar-refractivity contribution in [2.75, 3.05) is 25.1 Å². The Hall–Kier alpha value is -1.90. The number of anilines is 1. The highest BCUT2D eigenvalue weighted by Gasteiger charge is 2.28. The number of methoxy groups -OCH3 is 1. The third-order valence-corrected chi connectivity index (χ3v) is 5.85. The van der Waals surface area contributed by atoms with Crippen LogP contribution in [0.1, 0.15) is 12.8 Å². The highest BCUT2D eigenvalue weighted by atomic mass is 35.5. The smallest absolute Gasteiger partial charge is 0.240 e. The Kier molecular flexibility index (Phi) is 5.41. The van der Waals surface area contributed by atoms with E-state index >= 15 is 0 Å². The monoisotopic (exact) mass is 382 g/mol. The van der Waals surface area contributed by atoms with Crippen LogP contribution in [0.5, 0.6) is 5.75 Å². The van der Waals surface area contributed by atoms with Gasteiger partial charge in [-0.05, 0) is 37.1 Å². The van der Waals surface area contributed by atoms with E-state index < -0.39 is 10.0 Å². The Morgan fingerprint density at radius 3 is 2.80 bits per heavy atom. The quantitative estimate of drug-likeness (QED) is 0.823. The Balaban J connectivity index is 1.70. The fraction of sp³-hybridized carbons (Fsp3) is 0.375. The lowest BCUT2D eigenvalue weighted by Crippen LogP contribution is -2.40. The largest absolute Gasteiger partial charge is 0.495 e. The van der Waals surface area contributed by atoms with Crippen LogP contribution in [0, 0.1) is 0 Å². The van der Waals surface area contributed by atoms with Crippen LogP contribution < -0.4 is 14.4 Å². The molecule has 0 spiro atoms. The molecule has 134 valence electrons. The van der Waals surface area contributed by atoms with E-state index in [1.807, 2.05) is 4.90 Å². The number of hydrogen-bond acceptors (Lipinski definition) is 6. The number of aromatic nitrogens is 2. The van der Waals surface area contributed by atoms with Crippen LogP contribution in [-0.2, 0) is 10.0 Å². The molecule has 1 aromatic carbocycles. The first kappa shape index (κ1) is 17.9. The van der Waals surface area contributed by atoms with E-state index in [4.69, 9.17) is 16.3 Å². The van der Waals surface area contributed by atoms with Crippen molar-refractivity contribution in [1.82, 2.24) is 14.7 Å². The average molecular weight is 383 g/mol. The van der Waals surface area contributed by atoms with Crippen LogP contribution in [0.4, 0.5) is 5.95 Å². The molecule has 1 N–H and O–H groups in total. The number of halogens is 1. The van der Waals surface area contributed by atoms with Crippen molar-refractivity contribution in [3.05, 3.63) is 41.7 Å². The molecule has 1 aromatic heterocycles. The van der Waals surface area contributed by atoms with Crippen molar-refractivity contribution in [2.24, 2.45) is 0 Å². The molecule has 2 heterocycles. The van der Waals surface area contributed by atoms with E-state index in [1.165, 1.54) is 25.3 Å². The van der Waals surface area contributed by atoms with Gasteiger partial charge in [0.2, 0.25) is 16.0 Å². The second-order valence-electron chi connectivity index (χ2n) is 5.69. The van der Waals surface area contributed by atoms with Crippen molar-refractivity contribution in [1.29, 1.82) is 0 Å². The molecule has 1 aliphatic rings. The predicted octanol–water partition coefficient (Wildman–Crippen LogP) is 2.09. The molecule has 1 aliphatic heterocycles. The summed E-state index contributed by atoms with van der Waals surface area (Å²) >= 11 is 6.02. The van der Waals surface area contributed by atoms with Gasteiger partial charge in [-0.25, -0.2) is 23.1 Å². The molecule has 0 saturated carbocycles. The summed E-state index contributed by atoms with van der Waals surface area (Å²) in [5.41, 5.74) is 0. The topological polar surface area (TPSA) is 84.4 Å². The molecule has 1 fully saturated rings. The van der Waals surface area contributed by atoms with Crippen molar-refractivity contribution in [2.45, 2.75) is 23.8 Å². The van der Waals surface area contributed by atoms with Crippen LogP contribution in [0.15, 0.2) is 41.6 Å². The molecule has 1 saturated heterocycles. The second kappa shape index (κ2) is 7.55. The van der Waals surface area contributed by atoms with Gasteiger partial charge in [0.1, 0.15) is 5.75 Å². The highest BCUT2D eigenvalue weighted by molar-refractivity contribution is 7.89. The maximum Gasteiger partial charge on any atom is 0.240 e. The number of nitrogens with one attached hydrogen (secondary N) is 1. The minimum Gasteiger partial charge on any atom is -0.495 e. The van der Waals surface area contributed by atoms with Gasteiger partial charge in [0, 0.05) is 31.5 Å². The summed E-state index contributed by atoms with van der Waals surface area (Å²) in [6.45, 7) is 1.09. The summed E-state index contributed by atoms with van der Waals surface area (Å²) in [6.07, 6.45) is 5.21. The van der Waals surface area contributed by atoms with Crippen molar-refractivity contribution in [3.63, 3.8) is 0 Å². The maximum atomic E-state index is 12.5. The zero-order chi connectivity index (χ0) is 17.9. The molecule has 25 heavy (non-hydrogen) atoms. The summed E-state index contributed by atoms with van der Waals surface area (Å²) in [5, 5.41) is 0.255. The minimum absolute atomic E-state index is 0.0193. The van der Waals surface area contributed by atoms with Gasteiger partial charge >= 0.3 is 0 Å². The molecule has 1 atom stereocenters. The van der Waals surface area contributed by atoms with E-state index in [0.29, 0.717) is 11.7 Å². The zero-order valence-corrected chi connectivity index (χ0v) is 15.3. The molecule has 9 heteroatoms. The molecule has 1 unspecified atom stereocenters. The lowest BCUT2D eigenvalue weighted by atomic mass is 10.2. The standard InChI is InChI=1S/C16H19ClN4O3S/c1-24-15-6-5-13(10-14(15)17)25(22,23)20-11-12-4-2-9-21(12)16-18-7-3-8-19-16/h3,5-8,10,12,20H,2,4,9,11H2,1H3. The third-order valence-electron chi connectivity index (χ3n) is 4.13. The number of rotatable bonds is 6. The fourth-order valence-corrected chi connectivity index (χ4v) is 4.28. The van der Waals surface area contributed by atoms with E-state index in [1.54, 1.807) is 18.5 Å².